The summed E-state index contributed by atoms with van der Waals surface area (Å²) < 4.78 is 5.84. The summed E-state index contributed by atoms with van der Waals surface area (Å²) in [7, 11) is 2.88. The maximum Gasteiger partial charge on any atom is 0.331 e. The molecule has 0 saturated heterocycles. The minimum absolute atomic E-state index is 0.00848. The number of carbonyl (C=O) groups excluding carboxylic acids is 2. The average molecular weight is 284 g/mol. The van der Waals surface area contributed by atoms with Gasteiger partial charge in [-0.2, -0.15) is 5.10 Å². The van der Waals surface area contributed by atoms with E-state index in [0.717, 1.165) is 0 Å². The van der Waals surface area contributed by atoms with E-state index >= 15 is 0 Å². The van der Waals surface area contributed by atoms with E-state index in [9.17, 15) is 14.4 Å². The van der Waals surface area contributed by atoms with Crippen molar-refractivity contribution in [3.05, 3.63) is 18.0 Å². The number of hydrogen-bond acceptors (Lipinski definition) is 5. The molecule has 1 rings (SSSR count). The number of carboxylic acid groups (broad SMARTS) is 1. The van der Waals surface area contributed by atoms with Crippen LogP contribution in [-0.2, 0) is 21.4 Å². The highest BCUT2D eigenvalue weighted by atomic mass is 16.5. The number of carboxylic acids is 1. The Kier molecular flexibility index (Phi) is 5.51. The fourth-order valence-electron chi connectivity index (χ4n) is 1.44. The molecule has 110 valence electrons. The maximum absolute atomic E-state index is 11.5. The van der Waals surface area contributed by atoms with Crippen LogP contribution in [0.25, 0.3) is 0 Å². The van der Waals surface area contributed by atoms with E-state index in [-0.39, 0.29) is 13.0 Å². The van der Waals surface area contributed by atoms with Gasteiger partial charge in [0.05, 0.1) is 19.7 Å². The van der Waals surface area contributed by atoms with Gasteiger partial charge in [-0.05, 0) is 0 Å². The topological polar surface area (TPSA) is 123 Å². The standard InChI is InChI=1S/C11H16N4O5/c1-15-6-7(5-13-15)9(10(17)18)14-11(19)12-4-3-8(16)20-2/h5-6,9H,3-4H2,1-2H3,(H,17,18)(H2,12,14,19). The van der Waals surface area contributed by atoms with Crippen LogP contribution in [0.15, 0.2) is 12.4 Å². The summed E-state index contributed by atoms with van der Waals surface area (Å²) in [5.74, 6) is -1.67. The first kappa shape index (κ1) is 15.5. The van der Waals surface area contributed by atoms with Crippen LogP contribution >= 0.6 is 0 Å². The molecule has 0 bridgehead atoms. The van der Waals surface area contributed by atoms with Gasteiger partial charge in [0, 0.05) is 25.4 Å². The smallest absolute Gasteiger partial charge is 0.331 e. The summed E-state index contributed by atoms with van der Waals surface area (Å²) in [6, 6.07) is -1.90. The summed E-state index contributed by atoms with van der Waals surface area (Å²) >= 11 is 0. The molecule has 0 spiro atoms. The lowest BCUT2D eigenvalue weighted by atomic mass is 10.1. The highest BCUT2D eigenvalue weighted by molar-refractivity contribution is 5.83. The molecule has 1 atom stereocenters. The molecule has 2 amide bonds. The Hall–Kier alpha value is -2.58. The second-order valence-corrected chi connectivity index (χ2v) is 3.94. The summed E-state index contributed by atoms with van der Waals surface area (Å²) in [5, 5.41) is 17.6. The molecule has 0 fully saturated rings. The van der Waals surface area contributed by atoms with Crippen molar-refractivity contribution in [1.29, 1.82) is 0 Å². The number of urea groups is 1. The largest absolute Gasteiger partial charge is 0.479 e. The van der Waals surface area contributed by atoms with Crippen LogP contribution in [0.3, 0.4) is 0 Å². The van der Waals surface area contributed by atoms with Crippen LogP contribution in [-0.4, -0.2) is 46.5 Å². The van der Waals surface area contributed by atoms with Gasteiger partial charge in [-0.25, -0.2) is 9.59 Å². The Bertz CT molecular complexity index is 499. The zero-order valence-corrected chi connectivity index (χ0v) is 11.1. The van der Waals surface area contributed by atoms with Gasteiger partial charge in [-0.15, -0.1) is 0 Å². The number of amides is 2. The normalized spacial score (nSPS) is 11.5. The van der Waals surface area contributed by atoms with Gasteiger partial charge in [0.15, 0.2) is 6.04 Å². The molecule has 0 saturated carbocycles. The van der Waals surface area contributed by atoms with E-state index in [1.807, 2.05) is 0 Å². The predicted octanol–water partition coefficient (Wildman–Crippen LogP) is -0.592. The van der Waals surface area contributed by atoms with Crippen LogP contribution in [0.5, 0.6) is 0 Å². The van der Waals surface area contributed by atoms with Gasteiger partial charge in [0.2, 0.25) is 0 Å². The Labute approximate surface area is 114 Å². The van der Waals surface area contributed by atoms with Crippen molar-refractivity contribution in [2.75, 3.05) is 13.7 Å². The number of ether oxygens (including phenoxy) is 1. The Morgan fingerprint density at radius 2 is 2.20 bits per heavy atom. The summed E-state index contributed by atoms with van der Waals surface area (Å²) in [6.45, 7) is 0.0535. The highest BCUT2D eigenvalue weighted by Crippen LogP contribution is 2.11. The molecule has 0 aromatic carbocycles. The molecule has 20 heavy (non-hydrogen) atoms. The van der Waals surface area contributed by atoms with Crippen molar-refractivity contribution < 1.29 is 24.2 Å². The number of hydrogen-bond donors (Lipinski definition) is 3. The van der Waals surface area contributed by atoms with Crippen LogP contribution in [0.1, 0.15) is 18.0 Å². The second kappa shape index (κ2) is 7.12. The van der Waals surface area contributed by atoms with E-state index in [4.69, 9.17) is 5.11 Å². The predicted molar refractivity (Wildman–Crippen MR) is 66.8 cm³/mol. The molecule has 0 aliphatic carbocycles. The van der Waals surface area contributed by atoms with Crippen LogP contribution in [0.4, 0.5) is 4.79 Å². The fraction of sp³-hybridized carbons (Fsp3) is 0.455. The number of rotatable bonds is 6. The van der Waals surface area contributed by atoms with Crippen molar-refractivity contribution in [3.8, 4) is 0 Å². The number of aliphatic carboxylic acids is 1. The quantitative estimate of drug-likeness (QED) is 0.600. The van der Waals surface area contributed by atoms with Crippen molar-refractivity contribution in [3.63, 3.8) is 0 Å². The van der Waals surface area contributed by atoms with E-state index in [1.165, 1.54) is 24.2 Å². The third-order valence-electron chi connectivity index (χ3n) is 2.42. The number of carbonyl (C=O) groups is 3. The lowest BCUT2D eigenvalue weighted by Crippen LogP contribution is -2.41. The molecule has 1 aromatic rings. The molecule has 0 aliphatic rings. The summed E-state index contributed by atoms with van der Waals surface area (Å²) in [5.41, 5.74) is 0.350. The van der Waals surface area contributed by atoms with Crippen molar-refractivity contribution >= 4 is 18.0 Å². The molecule has 1 aromatic heterocycles. The van der Waals surface area contributed by atoms with Gasteiger partial charge in [-0.1, -0.05) is 0 Å². The molecule has 0 radical (unpaired) electrons. The van der Waals surface area contributed by atoms with Gasteiger partial charge in [0.1, 0.15) is 0 Å². The SMILES string of the molecule is COC(=O)CCNC(=O)NC(C(=O)O)c1cnn(C)c1. The number of aromatic nitrogens is 2. The van der Waals surface area contributed by atoms with Gasteiger partial charge in [-0.3, -0.25) is 9.48 Å². The molecular formula is C11H16N4O5. The molecule has 9 nitrogen and oxygen atoms in total. The molecular weight excluding hydrogens is 268 g/mol. The molecule has 1 heterocycles. The lowest BCUT2D eigenvalue weighted by molar-refractivity contribution is -0.141. The zero-order valence-electron chi connectivity index (χ0n) is 11.1. The molecule has 3 N–H and O–H groups in total. The molecule has 0 aliphatic heterocycles. The number of nitrogens with one attached hydrogen (secondary N) is 2. The summed E-state index contributed by atoms with van der Waals surface area (Å²) in [6.07, 6.45) is 2.86. The van der Waals surface area contributed by atoms with E-state index < -0.39 is 24.0 Å². The van der Waals surface area contributed by atoms with Gasteiger partial charge in [0.25, 0.3) is 0 Å². The van der Waals surface area contributed by atoms with Crippen molar-refractivity contribution in [1.82, 2.24) is 20.4 Å². The monoisotopic (exact) mass is 284 g/mol. The lowest BCUT2D eigenvalue weighted by Gasteiger charge is -2.13. The minimum atomic E-state index is -1.21. The highest BCUT2D eigenvalue weighted by Gasteiger charge is 2.23. The first-order valence-electron chi connectivity index (χ1n) is 5.76. The third kappa shape index (κ3) is 4.59. The number of esters is 1. The Balaban J connectivity index is 2.52. The first-order chi connectivity index (χ1) is 9.43. The van der Waals surface area contributed by atoms with Gasteiger partial charge < -0.3 is 20.5 Å². The molecule has 1 unspecified atom stereocenters. The second-order valence-electron chi connectivity index (χ2n) is 3.94. The average Bonchev–Trinajstić information content (AvgIpc) is 2.81. The Morgan fingerprint density at radius 1 is 1.50 bits per heavy atom. The first-order valence-corrected chi connectivity index (χ1v) is 5.76. The minimum Gasteiger partial charge on any atom is -0.479 e. The summed E-state index contributed by atoms with van der Waals surface area (Å²) in [4.78, 5) is 33.5. The number of nitrogens with zero attached hydrogens (tertiary/aromatic N) is 2. The number of methoxy groups -OCH3 is 1. The van der Waals surface area contributed by atoms with Crippen molar-refractivity contribution in [2.45, 2.75) is 12.5 Å². The van der Waals surface area contributed by atoms with Crippen molar-refractivity contribution in [2.24, 2.45) is 7.05 Å². The third-order valence-corrected chi connectivity index (χ3v) is 2.42. The van der Waals surface area contributed by atoms with Crippen LogP contribution in [0, 0.1) is 0 Å². The van der Waals surface area contributed by atoms with Gasteiger partial charge >= 0.3 is 18.0 Å². The van der Waals surface area contributed by atoms with E-state index in [0.29, 0.717) is 5.56 Å². The molecule has 9 heteroatoms. The maximum atomic E-state index is 11.5. The van der Waals surface area contributed by atoms with E-state index in [1.54, 1.807) is 7.05 Å². The zero-order chi connectivity index (χ0) is 15.1. The number of aryl methyl sites for hydroxylation is 1. The van der Waals surface area contributed by atoms with Crippen LogP contribution in [0.2, 0.25) is 0 Å². The fourth-order valence-corrected chi connectivity index (χ4v) is 1.44. The Morgan fingerprint density at radius 3 is 2.70 bits per heavy atom. The van der Waals surface area contributed by atoms with E-state index in [2.05, 4.69) is 20.5 Å². The van der Waals surface area contributed by atoms with Crippen LogP contribution < -0.4 is 10.6 Å².